The molecule has 2 rings (SSSR count). The van der Waals surface area contributed by atoms with Crippen LogP contribution in [0.4, 0.5) is 0 Å². The molecule has 0 spiro atoms. The van der Waals surface area contributed by atoms with Gasteiger partial charge in [0.05, 0.1) is 12.5 Å². The normalized spacial score (nSPS) is 28.8. The minimum absolute atomic E-state index is 0.0188. The van der Waals surface area contributed by atoms with Gasteiger partial charge in [0.25, 0.3) is 0 Å². The van der Waals surface area contributed by atoms with Crippen molar-refractivity contribution in [1.29, 1.82) is 0 Å². The molecule has 1 N–H and O–H groups in total. The first kappa shape index (κ1) is 9.93. The van der Waals surface area contributed by atoms with E-state index < -0.39 is 0 Å². The third kappa shape index (κ3) is 1.91. The molecule has 2 heterocycles. The molecular formula is C10H18N2O2. The lowest BCUT2D eigenvalue weighted by Crippen LogP contribution is -2.55. The summed E-state index contributed by atoms with van der Waals surface area (Å²) in [6.45, 7) is 6.34. The van der Waals surface area contributed by atoms with Gasteiger partial charge >= 0.3 is 5.97 Å². The number of nitrogens with one attached hydrogen (secondary N) is 1. The summed E-state index contributed by atoms with van der Waals surface area (Å²) in [5, 5.41) is 3.33. The Morgan fingerprint density at radius 3 is 2.93 bits per heavy atom. The molecule has 14 heavy (non-hydrogen) atoms. The maximum atomic E-state index is 11.3. The Labute approximate surface area is 84.6 Å². The molecule has 0 aromatic heterocycles. The first-order chi connectivity index (χ1) is 6.81. The molecule has 1 atom stereocenters. The largest absolute Gasteiger partial charge is 0.466 e. The number of hydrogen-bond acceptors (Lipinski definition) is 4. The third-order valence-electron chi connectivity index (χ3n) is 3.08. The smallest absolute Gasteiger partial charge is 0.311 e. The molecule has 0 amide bonds. The van der Waals surface area contributed by atoms with Gasteiger partial charge in [0.15, 0.2) is 0 Å². The summed E-state index contributed by atoms with van der Waals surface area (Å²) < 4.78 is 4.98. The standard InChI is InChI=1S/C10H18N2O2/c1-2-14-10(13)8-6-12(7-8)9-3-4-11-5-9/h8-9,11H,2-7H2,1H3/t9-/m0/s1. The Bertz CT molecular complexity index is 208. The maximum absolute atomic E-state index is 11.3. The highest BCUT2D eigenvalue weighted by molar-refractivity contribution is 5.74. The van der Waals surface area contributed by atoms with Crippen LogP contribution >= 0.6 is 0 Å². The quantitative estimate of drug-likeness (QED) is 0.640. The number of ether oxygens (including phenoxy) is 1. The van der Waals surface area contributed by atoms with Crippen molar-refractivity contribution in [1.82, 2.24) is 10.2 Å². The molecule has 0 saturated carbocycles. The van der Waals surface area contributed by atoms with Crippen molar-refractivity contribution < 1.29 is 9.53 Å². The predicted octanol–water partition coefficient (Wildman–Crippen LogP) is -0.157. The van der Waals surface area contributed by atoms with Crippen LogP contribution in [0.3, 0.4) is 0 Å². The SMILES string of the molecule is CCOC(=O)C1CN([C@H]2CCNC2)C1. The van der Waals surface area contributed by atoms with Crippen LogP contribution in [-0.2, 0) is 9.53 Å². The number of likely N-dealkylation sites (tertiary alicyclic amines) is 1. The summed E-state index contributed by atoms with van der Waals surface area (Å²) in [6.07, 6.45) is 1.22. The molecule has 2 fully saturated rings. The van der Waals surface area contributed by atoms with Gasteiger partial charge in [-0.1, -0.05) is 0 Å². The molecule has 4 nitrogen and oxygen atoms in total. The first-order valence-electron chi connectivity index (χ1n) is 5.42. The summed E-state index contributed by atoms with van der Waals surface area (Å²) in [5.41, 5.74) is 0. The second kappa shape index (κ2) is 4.28. The summed E-state index contributed by atoms with van der Waals surface area (Å²) in [4.78, 5) is 13.7. The fourth-order valence-corrected chi connectivity index (χ4v) is 2.17. The topological polar surface area (TPSA) is 41.6 Å². The van der Waals surface area contributed by atoms with Crippen molar-refractivity contribution in [2.24, 2.45) is 5.92 Å². The van der Waals surface area contributed by atoms with E-state index in [2.05, 4.69) is 10.2 Å². The monoisotopic (exact) mass is 198 g/mol. The van der Waals surface area contributed by atoms with Crippen molar-refractivity contribution >= 4 is 5.97 Å². The Balaban J connectivity index is 1.70. The Kier molecular flexibility index (Phi) is 3.03. The van der Waals surface area contributed by atoms with Crippen LogP contribution in [-0.4, -0.2) is 49.7 Å². The summed E-state index contributed by atoms with van der Waals surface area (Å²) in [5.74, 6) is 0.116. The van der Waals surface area contributed by atoms with E-state index in [1.54, 1.807) is 0 Å². The fraction of sp³-hybridized carbons (Fsp3) is 0.900. The van der Waals surface area contributed by atoms with E-state index in [0.29, 0.717) is 12.6 Å². The Morgan fingerprint density at radius 2 is 2.36 bits per heavy atom. The summed E-state index contributed by atoms with van der Waals surface area (Å²) >= 11 is 0. The van der Waals surface area contributed by atoms with Gasteiger partial charge in [0, 0.05) is 25.7 Å². The van der Waals surface area contributed by atoms with Crippen LogP contribution < -0.4 is 5.32 Å². The van der Waals surface area contributed by atoms with Gasteiger partial charge in [0.1, 0.15) is 0 Å². The molecule has 0 radical (unpaired) electrons. The van der Waals surface area contributed by atoms with Gasteiger partial charge in [-0.05, 0) is 19.9 Å². The van der Waals surface area contributed by atoms with E-state index in [-0.39, 0.29) is 11.9 Å². The van der Waals surface area contributed by atoms with Gasteiger partial charge in [-0.15, -0.1) is 0 Å². The summed E-state index contributed by atoms with van der Waals surface area (Å²) in [7, 11) is 0. The van der Waals surface area contributed by atoms with Crippen LogP contribution in [0, 0.1) is 5.92 Å². The van der Waals surface area contributed by atoms with Gasteiger partial charge in [0.2, 0.25) is 0 Å². The van der Waals surface area contributed by atoms with E-state index in [9.17, 15) is 4.79 Å². The maximum Gasteiger partial charge on any atom is 0.311 e. The molecule has 2 aliphatic rings. The average molecular weight is 198 g/mol. The van der Waals surface area contributed by atoms with Crippen molar-refractivity contribution in [3.63, 3.8) is 0 Å². The highest BCUT2D eigenvalue weighted by atomic mass is 16.5. The molecule has 0 unspecified atom stereocenters. The van der Waals surface area contributed by atoms with Crippen molar-refractivity contribution in [2.75, 3.05) is 32.8 Å². The van der Waals surface area contributed by atoms with Crippen molar-refractivity contribution in [2.45, 2.75) is 19.4 Å². The minimum atomic E-state index is -0.0188. The zero-order chi connectivity index (χ0) is 9.97. The van der Waals surface area contributed by atoms with E-state index in [1.807, 2.05) is 6.92 Å². The molecule has 80 valence electrons. The predicted molar refractivity (Wildman–Crippen MR) is 53.0 cm³/mol. The van der Waals surface area contributed by atoms with Gasteiger partial charge in [-0.25, -0.2) is 0 Å². The second-order valence-electron chi connectivity index (χ2n) is 4.05. The minimum Gasteiger partial charge on any atom is -0.466 e. The zero-order valence-electron chi connectivity index (χ0n) is 8.66. The molecule has 0 aromatic carbocycles. The van der Waals surface area contributed by atoms with Gasteiger partial charge in [-0.3, -0.25) is 9.69 Å². The van der Waals surface area contributed by atoms with Crippen molar-refractivity contribution in [3.8, 4) is 0 Å². The molecule has 2 aliphatic heterocycles. The lowest BCUT2D eigenvalue weighted by atomic mass is 9.97. The number of nitrogens with zero attached hydrogens (tertiary/aromatic N) is 1. The molecule has 0 bridgehead atoms. The average Bonchev–Trinajstić information content (AvgIpc) is 2.54. The van der Waals surface area contributed by atoms with E-state index in [1.165, 1.54) is 6.42 Å². The molecule has 4 heteroatoms. The molecule has 0 aliphatic carbocycles. The Morgan fingerprint density at radius 1 is 1.57 bits per heavy atom. The van der Waals surface area contributed by atoms with Crippen LogP contribution in [0.5, 0.6) is 0 Å². The lowest BCUT2D eigenvalue weighted by molar-refractivity contribution is -0.154. The van der Waals surface area contributed by atoms with Crippen molar-refractivity contribution in [3.05, 3.63) is 0 Å². The van der Waals surface area contributed by atoms with E-state index >= 15 is 0 Å². The summed E-state index contributed by atoms with van der Waals surface area (Å²) in [6, 6.07) is 0.653. The van der Waals surface area contributed by atoms with Crippen LogP contribution in [0.15, 0.2) is 0 Å². The van der Waals surface area contributed by atoms with Crippen LogP contribution in [0.1, 0.15) is 13.3 Å². The van der Waals surface area contributed by atoms with Gasteiger partial charge < -0.3 is 10.1 Å². The second-order valence-corrected chi connectivity index (χ2v) is 4.05. The number of esters is 1. The highest BCUT2D eigenvalue weighted by Gasteiger charge is 2.38. The zero-order valence-corrected chi connectivity index (χ0v) is 8.66. The number of rotatable bonds is 3. The first-order valence-corrected chi connectivity index (χ1v) is 5.42. The number of hydrogen-bond donors (Lipinski definition) is 1. The number of carbonyl (C=O) groups is 1. The third-order valence-corrected chi connectivity index (χ3v) is 3.08. The van der Waals surface area contributed by atoms with E-state index in [4.69, 9.17) is 4.74 Å². The fourth-order valence-electron chi connectivity index (χ4n) is 2.17. The molecule has 2 saturated heterocycles. The number of carbonyl (C=O) groups excluding carboxylic acids is 1. The lowest BCUT2D eigenvalue weighted by Gasteiger charge is -2.41. The Hall–Kier alpha value is -0.610. The van der Waals surface area contributed by atoms with E-state index in [0.717, 1.165) is 26.2 Å². The molecular weight excluding hydrogens is 180 g/mol. The molecule has 0 aromatic rings. The van der Waals surface area contributed by atoms with Gasteiger partial charge in [-0.2, -0.15) is 0 Å². The van der Waals surface area contributed by atoms with Crippen LogP contribution in [0.2, 0.25) is 0 Å². The highest BCUT2D eigenvalue weighted by Crippen LogP contribution is 2.22. The van der Waals surface area contributed by atoms with Crippen LogP contribution in [0.25, 0.3) is 0 Å².